The lowest BCUT2D eigenvalue weighted by Crippen LogP contribution is -2.48. The van der Waals surface area contributed by atoms with E-state index in [1.54, 1.807) is 0 Å². The molecule has 0 aliphatic heterocycles. The SMILES string of the molecule is CC(=O)[C@@H](Cc1ccccc1)NC(=O)[C@H](CC(=O)[C@@H](Cc1ccccc1)NC(=O)[C@H](CC(=O)CNC(C)C)Cc1ccccc1)Cc1ccccc1. The predicted octanol–water partition coefficient (Wildman–Crippen LogP) is 5.66. The highest BCUT2D eigenvalue weighted by atomic mass is 16.2. The molecule has 4 rings (SSSR count). The summed E-state index contributed by atoms with van der Waals surface area (Å²) in [5.41, 5.74) is 3.54. The van der Waals surface area contributed by atoms with E-state index in [0.29, 0.717) is 12.8 Å². The summed E-state index contributed by atoms with van der Waals surface area (Å²) in [7, 11) is 0. The molecular formula is C44H51N3O5. The molecule has 0 saturated heterocycles. The van der Waals surface area contributed by atoms with Crippen LogP contribution in [0.2, 0.25) is 0 Å². The minimum Gasteiger partial charge on any atom is -0.346 e. The van der Waals surface area contributed by atoms with Gasteiger partial charge in [-0.1, -0.05) is 135 Å². The van der Waals surface area contributed by atoms with E-state index in [-0.39, 0.29) is 61.5 Å². The molecule has 3 N–H and O–H groups in total. The Hall–Kier alpha value is -5.21. The van der Waals surface area contributed by atoms with Crippen molar-refractivity contribution in [2.24, 2.45) is 11.8 Å². The monoisotopic (exact) mass is 701 g/mol. The zero-order chi connectivity index (χ0) is 37.3. The van der Waals surface area contributed by atoms with Gasteiger partial charge in [-0.05, 0) is 54.9 Å². The van der Waals surface area contributed by atoms with E-state index >= 15 is 0 Å². The van der Waals surface area contributed by atoms with Crippen molar-refractivity contribution in [3.63, 3.8) is 0 Å². The molecule has 8 nitrogen and oxygen atoms in total. The largest absolute Gasteiger partial charge is 0.346 e. The highest BCUT2D eigenvalue weighted by Crippen LogP contribution is 2.19. The highest BCUT2D eigenvalue weighted by Gasteiger charge is 2.32. The molecule has 272 valence electrons. The van der Waals surface area contributed by atoms with Crippen molar-refractivity contribution in [3.05, 3.63) is 144 Å². The lowest BCUT2D eigenvalue weighted by molar-refractivity contribution is -0.134. The third-order valence-electron chi connectivity index (χ3n) is 9.10. The molecule has 0 saturated carbocycles. The Bertz CT molecular complexity index is 1730. The average molecular weight is 702 g/mol. The summed E-state index contributed by atoms with van der Waals surface area (Å²) < 4.78 is 0. The molecule has 52 heavy (non-hydrogen) atoms. The van der Waals surface area contributed by atoms with Gasteiger partial charge in [0.2, 0.25) is 11.8 Å². The Kier molecular flexibility index (Phi) is 15.7. The second kappa shape index (κ2) is 20.6. The fraction of sp³-hybridized carbons (Fsp3) is 0.341. The van der Waals surface area contributed by atoms with Crippen LogP contribution in [0.5, 0.6) is 0 Å². The molecule has 4 aromatic rings. The predicted molar refractivity (Wildman–Crippen MR) is 204 cm³/mol. The van der Waals surface area contributed by atoms with Crippen molar-refractivity contribution in [1.82, 2.24) is 16.0 Å². The van der Waals surface area contributed by atoms with Gasteiger partial charge in [-0.15, -0.1) is 0 Å². The van der Waals surface area contributed by atoms with Gasteiger partial charge in [-0.25, -0.2) is 0 Å². The van der Waals surface area contributed by atoms with E-state index in [2.05, 4.69) is 16.0 Å². The Morgan fingerprint density at radius 3 is 1.27 bits per heavy atom. The number of carbonyl (C=O) groups excluding carboxylic acids is 5. The normalized spacial score (nSPS) is 13.4. The first kappa shape index (κ1) is 39.6. The van der Waals surface area contributed by atoms with Crippen LogP contribution in [0.15, 0.2) is 121 Å². The van der Waals surface area contributed by atoms with Crippen LogP contribution < -0.4 is 16.0 Å². The van der Waals surface area contributed by atoms with Gasteiger partial charge in [0, 0.05) is 30.7 Å². The van der Waals surface area contributed by atoms with Crippen molar-refractivity contribution in [2.75, 3.05) is 6.54 Å². The summed E-state index contributed by atoms with van der Waals surface area (Å²) in [6.45, 7) is 5.50. The first-order valence-corrected chi connectivity index (χ1v) is 18.1. The van der Waals surface area contributed by atoms with Crippen molar-refractivity contribution in [3.8, 4) is 0 Å². The first-order chi connectivity index (χ1) is 25.1. The molecule has 0 fully saturated rings. The van der Waals surface area contributed by atoms with Crippen molar-refractivity contribution < 1.29 is 24.0 Å². The summed E-state index contributed by atoms with van der Waals surface area (Å²) in [5, 5.41) is 9.08. The van der Waals surface area contributed by atoms with E-state index in [9.17, 15) is 24.0 Å². The molecule has 0 heterocycles. The number of hydrogen-bond acceptors (Lipinski definition) is 6. The van der Waals surface area contributed by atoms with Gasteiger partial charge >= 0.3 is 0 Å². The minimum absolute atomic E-state index is 0.0135. The lowest BCUT2D eigenvalue weighted by atomic mass is 9.88. The number of amides is 2. The maximum Gasteiger partial charge on any atom is 0.224 e. The number of Topliss-reactive ketones (excluding diaryl/α,β-unsaturated/α-hetero) is 3. The van der Waals surface area contributed by atoms with Crippen LogP contribution in [0, 0.1) is 11.8 Å². The van der Waals surface area contributed by atoms with Crippen LogP contribution in [0.1, 0.15) is 55.9 Å². The second-order valence-electron chi connectivity index (χ2n) is 13.8. The van der Waals surface area contributed by atoms with E-state index < -0.39 is 29.8 Å². The maximum atomic E-state index is 14.3. The standard InChI is InChI=1S/C44H51N3O5/c1-31(2)45-30-39(49)28-37(24-33-16-8-4-9-17-33)43(51)47-41(27-36-22-14-7-15-23-36)42(50)29-38(25-34-18-10-5-11-19-34)44(52)46-40(32(3)48)26-35-20-12-6-13-21-35/h4-23,31,37-38,40-41,45H,24-30H2,1-3H3,(H,46,52)(H,47,51)/t37-,38-,40+,41+/m0/s1. The molecule has 0 bridgehead atoms. The molecule has 4 atom stereocenters. The Morgan fingerprint density at radius 1 is 0.500 bits per heavy atom. The maximum absolute atomic E-state index is 14.3. The van der Waals surface area contributed by atoms with Crippen LogP contribution in [0.25, 0.3) is 0 Å². The van der Waals surface area contributed by atoms with Gasteiger partial charge in [0.15, 0.2) is 11.6 Å². The molecule has 2 amide bonds. The molecule has 0 spiro atoms. The molecular weight excluding hydrogens is 650 g/mol. The molecule has 0 radical (unpaired) electrons. The molecule has 8 heteroatoms. The third kappa shape index (κ3) is 13.5. The first-order valence-electron chi connectivity index (χ1n) is 18.1. The Labute approximate surface area is 307 Å². The molecule has 0 aromatic heterocycles. The van der Waals surface area contributed by atoms with Crippen LogP contribution >= 0.6 is 0 Å². The van der Waals surface area contributed by atoms with E-state index in [4.69, 9.17) is 0 Å². The van der Waals surface area contributed by atoms with E-state index in [0.717, 1.165) is 22.3 Å². The van der Waals surface area contributed by atoms with Crippen molar-refractivity contribution >= 4 is 29.2 Å². The van der Waals surface area contributed by atoms with Gasteiger partial charge in [-0.2, -0.15) is 0 Å². The van der Waals surface area contributed by atoms with Gasteiger partial charge in [0.25, 0.3) is 0 Å². The van der Waals surface area contributed by atoms with E-state index in [1.165, 1.54) is 6.92 Å². The van der Waals surface area contributed by atoms with E-state index in [1.807, 2.05) is 135 Å². The number of nitrogens with one attached hydrogen (secondary N) is 3. The van der Waals surface area contributed by atoms with Gasteiger partial charge < -0.3 is 16.0 Å². The molecule has 0 aliphatic rings. The number of ketones is 3. The topological polar surface area (TPSA) is 121 Å². The Morgan fingerprint density at radius 2 is 0.865 bits per heavy atom. The van der Waals surface area contributed by atoms with Crippen LogP contribution in [-0.2, 0) is 49.7 Å². The second-order valence-corrected chi connectivity index (χ2v) is 13.8. The van der Waals surface area contributed by atoms with Gasteiger partial charge in [-0.3, -0.25) is 24.0 Å². The van der Waals surface area contributed by atoms with Crippen LogP contribution in [0.3, 0.4) is 0 Å². The lowest BCUT2D eigenvalue weighted by Gasteiger charge is -2.25. The van der Waals surface area contributed by atoms with Gasteiger partial charge in [0.05, 0.1) is 18.6 Å². The quantitative estimate of drug-likeness (QED) is 0.103. The summed E-state index contributed by atoms with van der Waals surface area (Å²) in [5.74, 6) is -2.87. The zero-order valence-electron chi connectivity index (χ0n) is 30.4. The molecule has 0 unspecified atom stereocenters. The van der Waals surface area contributed by atoms with Crippen molar-refractivity contribution in [1.29, 1.82) is 0 Å². The Balaban J connectivity index is 1.59. The summed E-state index contributed by atoms with van der Waals surface area (Å²) in [6, 6.07) is 36.3. The van der Waals surface area contributed by atoms with Crippen LogP contribution in [-0.4, -0.2) is 53.8 Å². The summed E-state index contributed by atoms with van der Waals surface area (Å²) in [4.78, 5) is 68.1. The van der Waals surface area contributed by atoms with Crippen LogP contribution in [0.4, 0.5) is 0 Å². The summed E-state index contributed by atoms with van der Waals surface area (Å²) >= 11 is 0. The third-order valence-corrected chi connectivity index (χ3v) is 9.10. The number of hydrogen-bond donors (Lipinski definition) is 3. The fourth-order valence-electron chi connectivity index (χ4n) is 6.18. The fourth-order valence-corrected chi connectivity index (χ4v) is 6.18. The number of rotatable bonds is 21. The van der Waals surface area contributed by atoms with Crippen molar-refractivity contribution in [2.45, 2.75) is 77.4 Å². The average Bonchev–Trinajstić information content (AvgIpc) is 3.14. The summed E-state index contributed by atoms with van der Waals surface area (Å²) in [6.07, 6.45) is 1.01. The zero-order valence-corrected chi connectivity index (χ0v) is 30.4. The highest BCUT2D eigenvalue weighted by molar-refractivity contribution is 5.95. The smallest absolute Gasteiger partial charge is 0.224 e. The number of carbonyl (C=O) groups is 5. The molecule has 4 aromatic carbocycles. The molecule has 0 aliphatic carbocycles. The minimum atomic E-state index is -0.948. The van der Waals surface area contributed by atoms with Gasteiger partial charge in [0.1, 0.15) is 5.78 Å². The number of benzene rings is 4.